The van der Waals surface area contributed by atoms with Crippen molar-refractivity contribution in [3.8, 4) is 11.1 Å². The molecule has 3 heterocycles. The van der Waals surface area contributed by atoms with Crippen LogP contribution in [0, 0.1) is 0 Å². The van der Waals surface area contributed by atoms with Crippen LogP contribution in [0.1, 0.15) is 49.8 Å². The molecule has 0 saturated carbocycles. The van der Waals surface area contributed by atoms with Crippen LogP contribution < -0.4 is 5.32 Å². The van der Waals surface area contributed by atoms with Crippen molar-refractivity contribution >= 4 is 11.6 Å². The Labute approximate surface area is 171 Å². The van der Waals surface area contributed by atoms with E-state index in [9.17, 15) is 4.79 Å². The molecule has 150 valence electrons. The van der Waals surface area contributed by atoms with Crippen LogP contribution in [0.15, 0.2) is 47.1 Å². The van der Waals surface area contributed by atoms with Gasteiger partial charge in [-0.15, -0.1) is 0 Å². The summed E-state index contributed by atoms with van der Waals surface area (Å²) >= 11 is 0. The molecule has 0 unspecified atom stereocenters. The molecule has 0 fully saturated rings. The maximum absolute atomic E-state index is 12.5. The minimum Gasteiger partial charge on any atom is -0.370 e. The number of benzene rings is 1. The van der Waals surface area contributed by atoms with E-state index in [1.165, 1.54) is 5.56 Å². The zero-order valence-corrected chi connectivity index (χ0v) is 17.3. The van der Waals surface area contributed by atoms with Gasteiger partial charge in [-0.2, -0.15) is 0 Å². The monoisotopic (exact) mass is 389 g/mol. The molecule has 1 N–H and O–H groups in total. The van der Waals surface area contributed by atoms with Crippen LogP contribution >= 0.6 is 0 Å². The van der Waals surface area contributed by atoms with Gasteiger partial charge in [0.2, 0.25) is 0 Å². The number of nitrogens with one attached hydrogen (secondary N) is 1. The number of hydrogen-bond acceptors (Lipinski definition) is 5. The maximum atomic E-state index is 12.5. The highest BCUT2D eigenvalue weighted by molar-refractivity contribution is 5.83. The predicted molar refractivity (Wildman–Crippen MR) is 114 cm³/mol. The Bertz CT molecular complexity index is 1010. The van der Waals surface area contributed by atoms with Crippen LogP contribution in [0.3, 0.4) is 0 Å². The number of nitrogens with zero attached hydrogens (tertiary/aromatic N) is 2. The molecule has 0 bridgehead atoms. The molecule has 2 aromatic heterocycles. The quantitative estimate of drug-likeness (QED) is 0.682. The number of aryl methyl sites for hydroxylation is 1. The summed E-state index contributed by atoms with van der Waals surface area (Å²) < 4.78 is 5.37. The molecule has 0 radical (unpaired) electrons. The summed E-state index contributed by atoms with van der Waals surface area (Å²) in [7, 11) is 0. The zero-order valence-electron chi connectivity index (χ0n) is 17.3. The van der Waals surface area contributed by atoms with Gasteiger partial charge in [0.25, 0.3) is 0 Å². The average Bonchev–Trinajstić information content (AvgIpc) is 3.17. The van der Waals surface area contributed by atoms with E-state index < -0.39 is 0 Å². The topological polar surface area (TPSA) is 68.0 Å². The highest BCUT2D eigenvalue weighted by Crippen LogP contribution is 2.27. The van der Waals surface area contributed by atoms with Crippen molar-refractivity contribution in [2.24, 2.45) is 0 Å². The molecule has 0 saturated heterocycles. The number of carbonyl (C=O) groups is 1. The molecule has 3 aromatic rings. The van der Waals surface area contributed by atoms with Crippen molar-refractivity contribution in [2.75, 3.05) is 11.9 Å². The first-order valence-corrected chi connectivity index (χ1v) is 10.2. The second-order valence-electron chi connectivity index (χ2n) is 8.78. The molecule has 0 spiro atoms. The van der Waals surface area contributed by atoms with Crippen molar-refractivity contribution < 1.29 is 9.32 Å². The third-order valence-electron chi connectivity index (χ3n) is 5.25. The van der Waals surface area contributed by atoms with Crippen LogP contribution in [-0.2, 0) is 29.5 Å². The lowest BCUT2D eigenvalue weighted by atomic mass is 9.93. The Morgan fingerprint density at radius 1 is 1.10 bits per heavy atom. The molecule has 5 nitrogen and oxygen atoms in total. The highest BCUT2D eigenvalue weighted by Gasteiger charge is 2.20. The smallest absolute Gasteiger partial charge is 0.143 e. The van der Waals surface area contributed by atoms with Gasteiger partial charge in [-0.1, -0.05) is 50.2 Å². The molecule has 29 heavy (non-hydrogen) atoms. The maximum Gasteiger partial charge on any atom is 0.143 e. The van der Waals surface area contributed by atoms with E-state index in [4.69, 9.17) is 4.52 Å². The second-order valence-corrected chi connectivity index (χ2v) is 8.78. The lowest BCUT2D eigenvalue weighted by Crippen LogP contribution is -2.13. The van der Waals surface area contributed by atoms with E-state index in [0.717, 1.165) is 47.7 Å². The number of hydrogen-bond donors (Lipinski definition) is 1. The molecule has 1 aliphatic heterocycles. The summed E-state index contributed by atoms with van der Waals surface area (Å²) in [5.41, 5.74) is 5.11. The Morgan fingerprint density at radius 3 is 2.62 bits per heavy atom. The van der Waals surface area contributed by atoms with Crippen molar-refractivity contribution in [2.45, 2.75) is 51.9 Å². The predicted octanol–water partition coefficient (Wildman–Crippen LogP) is 4.75. The van der Waals surface area contributed by atoms with Crippen LogP contribution in [0.5, 0.6) is 0 Å². The SMILES string of the molecule is CC(C)(C)c1cc(CC(=O)Cc2ccc(-c3cnc4c(c3)CCCN4)cc2)no1. The van der Waals surface area contributed by atoms with Gasteiger partial charge in [-0.3, -0.25) is 4.79 Å². The molecular formula is C24H27N3O2. The fourth-order valence-corrected chi connectivity index (χ4v) is 3.56. The number of Topliss-reactive ketones (excluding diaryl/α,β-unsaturated/α-hetero) is 1. The van der Waals surface area contributed by atoms with E-state index >= 15 is 0 Å². The Kier molecular flexibility index (Phi) is 5.22. The normalized spacial score (nSPS) is 13.6. The van der Waals surface area contributed by atoms with Gasteiger partial charge < -0.3 is 9.84 Å². The molecule has 0 amide bonds. The molecule has 0 atom stereocenters. The lowest BCUT2D eigenvalue weighted by molar-refractivity contribution is -0.117. The number of rotatable bonds is 5. The Balaban J connectivity index is 1.40. The summed E-state index contributed by atoms with van der Waals surface area (Å²) in [5.74, 6) is 1.94. The first-order valence-electron chi connectivity index (χ1n) is 10.2. The van der Waals surface area contributed by atoms with Gasteiger partial charge in [0.1, 0.15) is 17.4 Å². The Hall–Kier alpha value is -2.95. The fourth-order valence-electron chi connectivity index (χ4n) is 3.56. The molecule has 5 heteroatoms. The van der Waals surface area contributed by atoms with Crippen LogP contribution in [-0.4, -0.2) is 22.5 Å². The molecule has 4 rings (SSSR count). The van der Waals surface area contributed by atoms with Gasteiger partial charge in [0.05, 0.1) is 12.1 Å². The third kappa shape index (κ3) is 4.56. The molecule has 1 aliphatic rings. The van der Waals surface area contributed by atoms with E-state index in [1.54, 1.807) is 0 Å². The van der Waals surface area contributed by atoms with E-state index in [2.05, 4.69) is 54.4 Å². The highest BCUT2D eigenvalue weighted by atomic mass is 16.5. The van der Waals surface area contributed by atoms with Crippen LogP contribution in [0.2, 0.25) is 0 Å². The lowest BCUT2D eigenvalue weighted by Gasteiger charge is -2.17. The van der Waals surface area contributed by atoms with Crippen molar-refractivity contribution in [3.05, 3.63) is 65.2 Å². The fraction of sp³-hybridized carbons (Fsp3) is 0.375. The number of fused-ring (bicyclic) bond motifs is 1. The number of carbonyl (C=O) groups excluding carboxylic acids is 1. The summed E-state index contributed by atoms with van der Waals surface area (Å²) in [6, 6.07) is 12.3. The summed E-state index contributed by atoms with van der Waals surface area (Å²) in [5, 5.41) is 7.39. The molecule has 0 aliphatic carbocycles. The summed E-state index contributed by atoms with van der Waals surface area (Å²) in [6.07, 6.45) is 4.80. The molecule has 1 aromatic carbocycles. The van der Waals surface area contributed by atoms with E-state index in [1.807, 2.05) is 24.4 Å². The first kappa shape index (κ1) is 19.4. The van der Waals surface area contributed by atoms with Gasteiger partial charge in [0.15, 0.2) is 0 Å². The van der Waals surface area contributed by atoms with Gasteiger partial charge >= 0.3 is 0 Å². The van der Waals surface area contributed by atoms with Crippen molar-refractivity contribution in [3.63, 3.8) is 0 Å². The standard InChI is InChI=1S/C24H27N3O2/c1-24(2,3)22-14-20(27-29-22)13-21(28)11-16-6-8-17(9-7-16)19-12-18-5-4-10-25-23(18)26-15-19/h6-9,12,14-15H,4-5,10-11,13H2,1-3H3,(H,25,26). The van der Waals surface area contributed by atoms with Crippen molar-refractivity contribution in [1.82, 2.24) is 10.1 Å². The van der Waals surface area contributed by atoms with E-state index in [-0.39, 0.29) is 11.2 Å². The van der Waals surface area contributed by atoms with Gasteiger partial charge in [-0.05, 0) is 35.6 Å². The van der Waals surface area contributed by atoms with Gasteiger partial charge in [0, 0.05) is 36.2 Å². The first-order chi connectivity index (χ1) is 13.9. The second kappa shape index (κ2) is 7.82. The number of ketones is 1. The van der Waals surface area contributed by atoms with Crippen LogP contribution in [0.4, 0.5) is 5.82 Å². The van der Waals surface area contributed by atoms with Crippen LogP contribution in [0.25, 0.3) is 11.1 Å². The van der Waals surface area contributed by atoms with Gasteiger partial charge in [-0.25, -0.2) is 4.98 Å². The van der Waals surface area contributed by atoms with E-state index in [0.29, 0.717) is 18.5 Å². The minimum absolute atomic E-state index is 0.105. The largest absolute Gasteiger partial charge is 0.370 e. The Morgan fingerprint density at radius 2 is 1.90 bits per heavy atom. The van der Waals surface area contributed by atoms with Crippen molar-refractivity contribution in [1.29, 1.82) is 0 Å². The zero-order chi connectivity index (χ0) is 20.4. The number of aromatic nitrogens is 2. The molecular weight excluding hydrogens is 362 g/mol. The minimum atomic E-state index is -0.105. The average molecular weight is 389 g/mol. The summed E-state index contributed by atoms with van der Waals surface area (Å²) in [4.78, 5) is 17.0. The number of anilines is 1. The third-order valence-corrected chi connectivity index (χ3v) is 5.25. The summed E-state index contributed by atoms with van der Waals surface area (Å²) in [6.45, 7) is 7.19. The number of pyridine rings is 1.